The van der Waals surface area contributed by atoms with Gasteiger partial charge in [-0.1, -0.05) is 12.1 Å². The number of aliphatic hydroxyl groups excluding tert-OH is 1. The molecule has 2 amide bonds. The molecule has 0 fully saturated rings. The third-order valence-electron chi connectivity index (χ3n) is 2.76. The van der Waals surface area contributed by atoms with Gasteiger partial charge in [0.05, 0.1) is 30.5 Å². The maximum Gasteiger partial charge on any atom is 0.250 e. The van der Waals surface area contributed by atoms with Crippen molar-refractivity contribution in [2.24, 2.45) is 5.73 Å². The predicted molar refractivity (Wildman–Crippen MR) is 79.0 cm³/mol. The molecule has 1 aromatic rings. The van der Waals surface area contributed by atoms with Gasteiger partial charge in [0.2, 0.25) is 5.91 Å². The first-order valence-electron chi connectivity index (χ1n) is 6.48. The number of methoxy groups -OCH3 is 1. The number of ether oxygens (including phenoxy) is 1. The van der Waals surface area contributed by atoms with Crippen LogP contribution in [0.3, 0.4) is 0 Å². The Morgan fingerprint density at radius 1 is 1.43 bits per heavy atom. The van der Waals surface area contributed by atoms with E-state index < -0.39 is 12.0 Å². The number of nitrogens with zero attached hydrogens (tertiary/aromatic N) is 1. The first kappa shape index (κ1) is 17.1. The molecule has 4 N–H and O–H groups in total. The van der Waals surface area contributed by atoms with Gasteiger partial charge in [0.15, 0.2) is 0 Å². The van der Waals surface area contributed by atoms with Crippen LogP contribution in [0.5, 0.6) is 0 Å². The molecule has 0 radical (unpaired) electrons. The number of likely N-dealkylation sites (N-methyl/N-ethyl adjacent to an activating group) is 1. The van der Waals surface area contributed by atoms with Crippen molar-refractivity contribution >= 4 is 17.5 Å². The SMILES string of the molecule is COCC(O)CN(C)CC(=O)Nc1ccccc1C(N)=O. The second kappa shape index (κ2) is 8.35. The summed E-state index contributed by atoms with van der Waals surface area (Å²) in [6.07, 6.45) is -0.661. The summed E-state index contributed by atoms with van der Waals surface area (Å²) >= 11 is 0. The molecule has 7 nitrogen and oxygen atoms in total. The lowest BCUT2D eigenvalue weighted by Gasteiger charge is -2.19. The molecule has 0 spiro atoms. The lowest BCUT2D eigenvalue weighted by atomic mass is 10.1. The minimum Gasteiger partial charge on any atom is -0.389 e. The first-order valence-corrected chi connectivity index (χ1v) is 6.48. The number of benzene rings is 1. The summed E-state index contributed by atoms with van der Waals surface area (Å²) < 4.78 is 4.82. The molecular weight excluding hydrogens is 274 g/mol. The van der Waals surface area contributed by atoms with Crippen molar-refractivity contribution in [3.05, 3.63) is 29.8 Å². The smallest absolute Gasteiger partial charge is 0.250 e. The fraction of sp³-hybridized carbons (Fsp3) is 0.429. The normalized spacial score (nSPS) is 12.2. The molecule has 0 aliphatic carbocycles. The van der Waals surface area contributed by atoms with Crippen LogP contribution in [0.4, 0.5) is 5.69 Å². The van der Waals surface area contributed by atoms with Crippen molar-refractivity contribution < 1.29 is 19.4 Å². The van der Waals surface area contributed by atoms with Gasteiger partial charge in [-0.2, -0.15) is 0 Å². The Morgan fingerprint density at radius 2 is 2.10 bits per heavy atom. The zero-order valence-corrected chi connectivity index (χ0v) is 12.2. The Kier molecular flexibility index (Phi) is 6.80. The van der Waals surface area contributed by atoms with Crippen LogP contribution in [-0.4, -0.2) is 61.8 Å². The minimum absolute atomic E-state index is 0.0773. The lowest BCUT2D eigenvalue weighted by Crippen LogP contribution is -2.37. The van der Waals surface area contributed by atoms with Crippen LogP contribution >= 0.6 is 0 Å². The highest BCUT2D eigenvalue weighted by atomic mass is 16.5. The van der Waals surface area contributed by atoms with Gasteiger partial charge in [-0.15, -0.1) is 0 Å². The molecular formula is C14H21N3O4. The van der Waals surface area contributed by atoms with E-state index in [0.717, 1.165) is 0 Å². The zero-order valence-electron chi connectivity index (χ0n) is 12.2. The number of nitrogens with two attached hydrogens (primary N) is 1. The quantitative estimate of drug-likeness (QED) is 0.609. The molecule has 21 heavy (non-hydrogen) atoms. The van der Waals surface area contributed by atoms with Crippen molar-refractivity contribution in [1.29, 1.82) is 0 Å². The third-order valence-corrected chi connectivity index (χ3v) is 2.76. The Morgan fingerprint density at radius 3 is 2.71 bits per heavy atom. The van der Waals surface area contributed by atoms with Crippen LogP contribution in [0.25, 0.3) is 0 Å². The molecule has 7 heteroatoms. The highest BCUT2D eigenvalue weighted by Gasteiger charge is 2.14. The maximum atomic E-state index is 11.9. The number of carbonyl (C=O) groups is 2. The number of para-hydroxylation sites is 1. The maximum absolute atomic E-state index is 11.9. The standard InChI is InChI=1S/C14H21N3O4/c1-17(7-10(18)9-21-2)8-13(19)16-12-6-4-3-5-11(12)14(15)20/h3-6,10,18H,7-9H2,1-2H3,(H2,15,20)(H,16,19). The molecule has 0 saturated carbocycles. The summed E-state index contributed by atoms with van der Waals surface area (Å²) in [5.74, 6) is -0.898. The Bertz CT molecular complexity index is 493. The summed E-state index contributed by atoms with van der Waals surface area (Å²) in [7, 11) is 3.20. The van der Waals surface area contributed by atoms with E-state index in [1.54, 1.807) is 36.2 Å². The fourth-order valence-corrected chi connectivity index (χ4v) is 1.91. The van der Waals surface area contributed by atoms with Crippen LogP contribution < -0.4 is 11.1 Å². The molecule has 0 saturated heterocycles. The highest BCUT2D eigenvalue weighted by molar-refractivity contribution is 6.03. The monoisotopic (exact) mass is 295 g/mol. The molecule has 116 valence electrons. The minimum atomic E-state index is -0.661. The average Bonchev–Trinajstić information content (AvgIpc) is 2.38. The second-order valence-corrected chi connectivity index (χ2v) is 4.76. The number of hydrogen-bond donors (Lipinski definition) is 3. The van der Waals surface area contributed by atoms with E-state index in [2.05, 4.69) is 5.32 Å². The third kappa shape index (κ3) is 5.90. The summed E-state index contributed by atoms with van der Waals surface area (Å²) in [5, 5.41) is 12.2. The van der Waals surface area contributed by atoms with Crippen molar-refractivity contribution in [2.45, 2.75) is 6.10 Å². The number of hydrogen-bond acceptors (Lipinski definition) is 5. The van der Waals surface area contributed by atoms with E-state index in [1.807, 2.05) is 0 Å². The summed E-state index contributed by atoms with van der Waals surface area (Å²) in [6, 6.07) is 6.53. The zero-order chi connectivity index (χ0) is 15.8. The van der Waals surface area contributed by atoms with Crippen LogP contribution in [0.15, 0.2) is 24.3 Å². The summed E-state index contributed by atoms with van der Waals surface area (Å²) in [5.41, 5.74) is 5.88. The van der Waals surface area contributed by atoms with Crippen LogP contribution in [0.1, 0.15) is 10.4 Å². The van der Waals surface area contributed by atoms with Crippen molar-refractivity contribution in [2.75, 3.05) is 39.2 Å². The lowest BCUT2D eigenvalue weighted by molar-refractivity contribution is -0.117. The molecule has 0 heterocycles. The summed E-state index contributed by atoms with van der Waals surface area (Å²) in [4.78, 5) is 24.8. The van der Waals surface area contributed by atoms with Gasteiger partial charge in [-0.25, -0.2) is 0 Å². The largest absolute Gasteiger partial charge is 0.389 e. The van der Waals surface area contributed by atoms with E-state index in [0.29, 0.717) is 12.2 Å². The second-order valence-electron chi connectivity index (χ2n) is 4.76. The van der Waals surface area contributed by atoms with E-state index >= 15 is 0 Å². The van der Waals surface area contributed by atoms with Gasteiger partial charge in [-0.05, 0) is 19.2 Å². The molecule has 0 bridgehead atoms. The molecule has 1 rings (SSSR count). The van der Waals surface area contributed by atoms with Gasteiger partial charge in [0.25, 0.3) is 5.91 Å². The first-order chi connectivity index (χ1) is 9.93. The molecule has 1 aromatic carbocycles. The van der Waals surface area contributed by atoms with E-state index in [1.165, 1.54) is 7.11 Å². The van der Waals surface area contributed by atoms with Crippen molar-refractivity contribution in [1.82, 2.24) is 4.90 Å². The van der Waals surface area contributed by atoms with Gasteiger partial charge in [0.1, 0.15) is 0 Å². The number of carbonyl (C=O) groups excluding carboxylic acids is 2. The van der Waals surface area contributed by atoms with Crippen LogP contribution in [0, 0.1) is 0 Å². The molecule has 1 atom stereocenters. The number of aliphatic hydroxyl groups is 1. The highest BCUT2D eigenvalue weighted by Crippen LogP contribution is 2.14. The van der Waals surface area contributed by atoms with Gasteiger partial charge in [-0.3, -0.25) is 14.5 Å². The Labute approximate surface area is 123 Å². The molecule has 0 aliphatic heterocycles. The fourth-order valence-electron chi connectivity index (χ4n) is 1.91. The number of rotatable bonds is 8. The molecule has 0 aliphatic rings. The van der Waals surface area contributed by atoms with Gasteiger partial charge in [0, 0.05) is 13.7 Å². The van der Waals surface area contributed by atoms with E-state index in [-0.39, 0.29) is 24.6 Å². The number of primary amides is 1. The Balaban J connectivity index is 2.56. The van der Waals surface area contributed by atoms with Gasteiger partial charge >= 0.3 is 0 Å². The van der Waals surface area contributed by atoms with Gasteiger partial charge < -0.3 is 20.9 Å². The average molecular weight is 295 g/mol. The topological polar surface area (TPSA) is 105 Å². The number of nitrogens with one attached hydrogen (secondary N) is 1. The van der Waals surface area contributed by atoms with Crippen molar-refractivity contribution in [3.63, 3.8) is 0 Å². The number of amides is 2. The predicted octanol–water partition coefficient (Wildman–Crippen LogP) is -0.337. The van der Waals surface area contributed by atoms with E-state index in [9.17, 15) is 14.7 Å². The van der Waals surface area contributed by atoms with Crippen LogP contribution in [0.2, 0.25) is 0 Å². The van der Waals surface area contributed by atoms with E-state index in [4.69, 9.17) is 10.5 Å². The van der Waals surface area contributed by atoms with Crippen molar-refractivity contribution in [3.8, 4) is 0 Å². The molecule has 0 aromatic heterocycles. The Hall–Kier alpha value is -1.96. The van der Waals surface area contributed by atoms with Crippen LogP contribution in [-0.2, 0) is 9.53 Å². The summed E-state index contributed by atoms with van der Waals surface area (Å²) in [6.45, 7) is 0.586. The number of anilines is 1. The molecule has 1 unspecified atom stereocenters.